The van der Waals surface area contributed by atoms with Crippen molar-refractivity contribution in [3.63, 3.8) is 0 Å². The minimum absolute atomic E-state index is 0.0952. The van der Waals surface area contributed by atoms with Crippen LogP contribution in [0.25, 0.3) is 0 Å². The summed E-state index contributed by atoms with van der Waals surface area (Å²) in [6, 6.07) is 0. The van der Waals surface area contributed by atoms with E-state index in [1.807, 2.05) is 0 Å². The van der Waals surface area contributed by atoms with Crippen molar-refractivity contribution in [3.05, 3.63) is 122 Å². The minimum Gasteiger partial charge on any atom is -0.462 e. The number of hydrogen-bond acceptors (Lipinski definition) is 6. The number of ether oxygens (including phenoxy) is 3. The van der Waals surface area contributed by atoms with E-state index in [0.29, 0.717) is 19.3 Å². The molecule has 0 aliphatic carbocycles. The van der Waals surface area contributed by atoms with Gasteiger partial charge < -0.3 is 14.2 Å². The number of rotatable bonds is 61. The molecular weight excluding hydrogens is 997 g/mol. The summed E-state index contributed by atoms with van der Waals surface area (Å²) in [5, 5.41) is 0. The first-order valence-corrected chi connectivity index (χ1v) is 34.0. The maximum absolute atomic E-state index is 13.0. The van der Waals surface area contributed by atoms with Crippen LogP contribution in [0.1, 0.15) is 316 Å². The second kappa shape index (κ2) is 68.3. The molecule has 0 heterocycles. The van der Waals surface area contributed by atoms with Gasteiger partial charge in [-0.1, -0.05) is 284 Å². The van der Waals surface area contributed by atoms with Crippen LogP contribution in [0.3, 0.4) is 0 Å². The van der Waals surface area contributed by atoms with Gasteiger partial charge in [-0.2, -0.15) is 0 Å². The summed E-state index contributed by atoms with van der Waals surface area (Å²) in [7, 11) is 0. The molecule has 1 unspecified atom stereocenters. The molecule has 0 rings (SSSR count). The summed E-state index contributed by atoms with van der Waals surface area (Å²) in [6.45, 7) is 6.49. The van der Waals surface area contributed by atoms with E-state index >= 15 is 0 Å². The zero-order valence-electron chi connectivity index (χ0n) is 53.0. The monoisotopic (exact) mass is 1120 g/mol. The Morgan fingerprint density at radius 1 is 0.259 bits per heavy atom. The molecule has 0 aromatic heterocycles. The van der Waals surface area contributed by atoms with E-state index in [-0.39, 0.29) is 31.1 Å². The molecule has 0 aromatic rings. The Morgan fingerprint density at radius 3 is 0.753 bits per heavy atom. The fourth-order valence-electron chi connectivity index (χ4n) is 9.33. The van der Waals surface area contributed by atoms with Crippen LogP contribution in [0.4, 0.5) is 0 Å². The highest BCUT2D eigenvalue weighted by Crippen LogP contribution is 2.15. The van der Waals surface area contributed by atoms with Crippen LogP contribution in [0.2, 0.25) is 0 Å². The highest BCUT2D eigenvalue weighted by Gasteiger charge is 2.19. The van der Waals surface area contributed by atoms with Crippen molar-refractivity contribution in [1.29, 1.82) is 0 Å². The van der Waals surface area contributed by atoms with Crippen molar-refractivity contribution in [1.82, 2.24) is 0 Å². The van der Waals surface area contributed by atoms with Crippen LogP contribution in [0.15, 0.2) is 122 Å². The molecule has 6 heteroatoms. The summed E-state index contributed by atoms with van der Waals surface area (Å²) >= 11 is 0. The molecule has 6 nitrogen and oxygen atoms in total. The van der Waals surface area contributed by atoms with Crippen LogP contribution >= 0.6 is 0 Å². The van der Waals surface area contributed by atoms with Crippen molar-refractivity contribution < 1.29 is 28.6 Å². The predicted molar refractivity (Wildman–Crippen MR) is 353 cm³/mol. The summed E-state index contributed by atoms with van der Waals surface area (Å²) in [4.78, 5) is 38.4. The molecule has 0 fully saturated rings. The summed E-state index contributed by atoms with van der Waals surface area (Å²) in [6.07, 6.45) is 94.9. The third-order valence-corrected chi connectivity index (χ3v) is 14.4. The molecule has 0 aliphatic heterocycles. The van der Waals surface area contributed by atoms with Crippen molar-refractivity contribution >= 4 is 17.9 Å². The molecule has 0 aromatic carbocycles. The lowest BCUT2D eigenvalue weighted by Crippen LogP contribution is -2.30. The lowest BCUT2D eigenvalue weighted by Gasteiger charge is -2.18. The second-order valence-electron chi connectivity index (χ2n) is 22.3. The van der Waals surface area contributed by atoms with Gasteiger partial charge >= 0.3 is 17.9 Å². The Kier molecular flexibility index (Phi) is 64.8. The van der Waals surface area contributed by atoms with E-state index < -0.39 is 6.10 Å². The Bertz CT molecular complexity index is 1670. The smallest absolute Gasteiger partial charge is 0.306 e. The number of esters is 3. The van der Waals surface area contributed by atoms with Crippen LogP contribution in [-0.2, 0) is 28.6 Å². The Morgan fingerprint density at radius 2 is 0.481 bits per heavy atom. The number of allylic oxidation sites excluding steroid dienone is 20. The topological polar surface area (TPSA) is 78.9 Å². The van der Waals surface area contributed by atoms with E-state index in [9.17, 15) is 14.4 Å². The fourth-order valence-corrected chi connectivity index (χ4v) is 9.33. The Balaban J connectivity index is 4.45. The number of hydrogen-bond donors (Lipinski definition) is 0. The van der Waals surface area contributed by atoms with Crippen LogP contribution < -0.4 is 0 Å². The van der Waals surface area contributed by atoms with Crippen molar-refractivity contribution in [2.45, 2.75) is 322 Å². The normalized spacial score (nSPS) is 12.9. The average molecular weight is 1120 g/mol. The molecule has 0 amide bonds. The second-order valence-corrected chi connectivity index (χ2v) is 22.3. The van der Waals surface area contributed by atoms with Gasteiger partial charge in [-0.05, 0) is 135 Å². The van der Waals surface area contributed by atoms with Gasteiger partial charge in [-0.15, -0.1) is 0 Å². The summed E-state index contributed by atoms with van der Waals surface area (Å²) < 4.78 is 16.9. The van der Waals surface area contributed by atoms with E-state index in [1.165, 1.54) is 141 Å². The van der Waals surface area contributed by atoms with Crippen molar-refractivity contribution in [2.75, 3.05) is 13.2 Å². The SMILES string of the molecule is CC/C=C\C/C=C\C/C=C\C/C=C\CCCCCCC(=O)OCC(COC(=O)CCCCCCCCCC/C=C\C/C=C\C/C=C\CCCCCCC)OC(=O)CCCCCCCCCC/C=C\C/C=C\C/C=C\CCCCCCC. The molecule has 462 valence electrons. The fraction of sp³-hybridized carbons (Fsp3) is 0.693. The predicted octanol–water partition coefficient (Wildman–Crippen LogP) is 23.6. The van der Waals surface area contributed by atoms with Gasteiger partial charge in [0.05, 0.1) is 0 Å². The maximum atomic E-state index is 13.0. The van der Waals surface area contributed by atoms with Crippen molar-refractivity contribution in [3.8, 4) is 0 Å². The average Bonchev–Trinajstić information content (AvgIpc) is 3.47. The molecule has 0 aliphatic rings. The number of carbonyl (C=O) groups is 3. The molecule has 0 bridgehead atoms. The molecule has 0 saturated carbocycles. The maximum Gasteiger partial charge on any atom is 0.306 e. The number of unbranched alkanes of at least 4 members (excludes halogenated alkanes) is 30. The largest absolute Gasteiger partial charge is 0.462 e. The van der Waals surface area contributed by atoms with Crippen molar-refractivity contribution in [2.24, 2.45) is 0 Å². The third-order valence-electron chi connectivity index (χ3n) is 14.4. The van der Waals surface area contributed by atoms with Crippen LogP contribution in [0.5, 0.6) is 0 Å². The van der Waals surface area contributed by atoms with Gasteiger partial charge in [0.2, 0.25) is 0 Å². The molecule has 0 spiro atoms. The molecular formula is C75H126O6. The molecule has 1 atom stereocenters. The quantitative estimate of drug-likeness (QED) is 0.0261. The first-order valence-electron chi connectivity index (χ1n) is 34.0. The molecule has 0 radical (unpaired) electrons. The summed E-state index contributed by atoms with van der Waals surface area (Å²) in [5.74, 6) is -0.926. The van der Waals surface area contributed by atoms with Gasteiger partial charge in [0.25, 0.3) is 0 Å². The first-order chi connectivity index (χ1) is 40.0. The van der Waals surface area contributed by atoms with E-state index in [2.05, 4.69) is 142 Å². The van der Waals surface area contributed by atoms with Gasteiger partial charge in [0.1, 0.15) is 13.2 Å². The van der Waals surface area contributed by atoms with Gasteiger partial charge in [0, 0.05) is 19.3 Å². The van der Waals surface area contributed by atoms with Gasteiger partial charge in [-0.3, -0.25) is 14.4 Å². The van der Waals surface area contributed by atoms with Gasteiger partial charge in [0.15, 0.2) is 6.10 Å². The standard InChI is InChI=1S/C75H126O6/c1-4-7-10-13-16-19-22-25-28-31-33-35-37-39-41-44-47-50-53-56-59-62-65-68-74(77)80-71-72(70-79-73(76)67-64-61-58-55-52-49-46-43-30-27-24-21-18-15-12-9-6-3)81-75(78)69-66-63-60-57-54-51-48-45-42-40-38-36-34-32-29-26-23-20-17-14-11-8-5-2/h9,12,18,21-23,25-27,30-34,37-40,46,49,72H,4-8,10-11,13-17,19-20,24,28-29,35-36,41-45,47-48,50-71H2,1-3H3/b12-9-,21-18-,25-22-,26-23-,30-27-,33-31-,34-32-,39-37-,40-38-,49-46-. The lowest BCUT2D eigenvalue weighted by atomic mass is 10.1. The minimum atomic E-state index is -0.802. The number of carbonyl (C=O) groups excluding carboxylic acids is 3. The molecule has 0 N–H and O–H groups in total. The lowest BCUT2D eigenvalue weighted by molar-refractivity contribution is -0.167. The van der Waals surface area contributed by atoms with Crippen LogP contribution in [0, 0.1) is 0 Å². The van der Waals surface area contributed by atoms with Gasteiger partial charge in [-0.25, -0.2) is 0 Å². The highest BCUT2D eigenvalue weighted by atomic mass is 16.6. The highest BCUT2D eigenvalue weighted by molar-refractivity contribution is 5.71. The zero-order valence-corrected chi connectivity index (χ0v) is 53.0. The Labute approximate surface area is 501 Å². The molecule has 0 saturated heterocycles. The first kappa shape index (κ1) is 76.8. The Hall–Kier alpha value is -4.19. The molecule has 81 heavy (non-hydrogen) atoms. The van der Waals surface area contributed by atoms with E-state index in [1.54, 1.807) is 0 Å². The summed E-state index contributed by atoms with van der Waals surface area (Å²) in [5.41, 5.74) is 0. The zero-order chi connectivity index (χ0) is 58.5. The van der Waals surface area contributed by atoms with E-state index in [0.717, 1.165) is 135 Å². The van der Waals surface area contributed by atoms with E-state index in [4.69, 9.17) is 14.2 Å². The van der Waals surface area contributed by atoms with Crippen LogP contribution in [-0.4, -0.2) is 37.2 Å². The third kappa shape index (κ3) is 66.5.